The smallest absolute Gasteiger partial charge is 0.335 e. The average molecular weight is 316 g/mol. The Bertz CT molecular complexity index is 492. The number of hydrogen-bond donors (Lipinski definition) is 0. The van der Waals surface area contributed by atoms with Gasteiger partial charge in [-0.05, 0) is 25.1 Å². The first-order chi connectivity index (χ1) is 8.63. The predicted octanol–water partition coefficient (Wildman–Crippen LogP) is 2.62. The zero-order valence-corrected chi connectivity index (χ0v) is 11.2. The maximum atomic E-state index is 13.2. The van der Waals surface area contributed by atoms with Crippen molar-refractivity contribution in [1.82, 2.24) is 0 Å². The summed E-state index contributed by atoms with van der Waals surface area (Å²) in [6.45, 7) is 1.98. The Morgan fingerprint density at radius 3 is 3.11 bits per heavy atom. The fourth-order valence-electron chi connectivity index (χ4n) is 1.71. The van der Waals surface area contributed by atoms with Gasteiger partial charge in [0.2, 0.25) is 0 Å². The molecular weight excluding hydrogens is 305 g/mol. The number of carbonyl (C=O) groups is 1. The molecule has 18 heavy (non-hydrogen) atoms. The molecule has 0 aromatic heterocycles. The normalized spacial score (nSPS) is 21.7. The van der Waals surface area contributed by atoms with Gasteiger partial charge >= 0.3 is 5.97 Å². The van der Waals surface area contributed by atoms with Crippen LogP contribution in [-0.4, -0.2) is 25.0 Å². The minimum absolute atomic E-state index is 0.266. The lowest BCUT2D eigenvalue weighted by molar-refractivity contribution is -0.146. The number of aliphatic imine (C=N–C) groups is 1. The Labute approximate surface area is 112 Å². The number of ether oxygens (including phenoxy) is 2. The topological polar surface area (TPSA) is 47.9 Å². The molecule has 1 aliphatic rings. The van der Waals surface area contributed by atoms with Gasteiger partial charge in [-0.2, -0.15) is 0 Å². The molecule has 6 heteroatoms. The lowest BCUT2D eigenvalue weighted by Crippen LogP contribution is -2.26. The molecule has 4 nitrogen and oxygen atoms in total. The van der Waals surface area contributed by atoms with E-state index < -0.39 is 23.9 Å². The van der Waals surface area contributed by atoms with Crippen molar-refractivity contribution in [3.05, 3.63) is 34.1 Å². The minimum atomic E-state index is -0.789. The minimum Gasteiger partial charge on any atom is -0.473 e. The second-order valence-electron chi connectivity index (χ2n) is 3.67. The number of benzene rings is 1. The van der Waals surface area contributed by atoms with E-state index in [1.165, 1.54) is 18.5 Å². The molecule has 0 fully saturated rings. The van der Waals surface area contributed by atoms with Gasteiger partial charge in [0, 0.05) is 10.0 Å². The summed E-state index contributed by atoms with van der Waals surface area (Å²) in [7, 11) is 0. The van der Waals surface area contributed by atoms with Crippen molar-refractivity contribution in [2.45, 2.75) is 19.1 Å². The standard InChI is InChI=1S/C12H11BrFNO3/c1-2-17-12(16)10-11(18-6-15-10)8-5-7(14)3-4-9(8)13/h3-6,10-11H,2H2,1H3. The molecule has 2 rings (SSSR count). The largest absolute Gasteiger partial charge is 0.473 e. The molecule has 1 aliphatic heterocycles. The van der Waals surface area contributed by atoms with E-state index in [9.17, 15) is 9.18 Å². The van der Waals surface area contributed by atoms with Crippen molar-refractivity contribution in [2.75, 3.05) is 6.61 Å². The summed E-state index contributed by atoms with van der Waals surface area (Å²) < 4.78 is 24.1. The molecule has 0 bridgehead atoms. The number of rotatable bonds is 3. The third-order valence-electron chi connectivity index (χ3n) is 2.51. The van der Waals surface area contributed by atoms with Gasteiger partial charge in [0.15, 0.2) is 18.5 Å². The van der Waals surface area contributed by atoms with Crippen LogP contribution in [-0.2, 0) is 14.3 Å². The summed E-state index contributed by atoms with van der Waals surface area (Å²) >= 11 is 3.30. The van der Waals surface area contributed by atoms with E-state index >= 15 is 0 Å². The molecule has 96 valence electrons. The molecule has 2 atom stereocenters. The summed E-state index contributed by atoms with van der Waals surface area (Å²) in [6.07, 6.45) is 0.540. The monoisotopic (exact) mass is 315 g/mol. The second-order valence-corrected chi connectivity index (χ2v) is 4.53. The molecule has 0 spiro atoms. The van der Waals surface area contributed by atoms with Crippen LogP contribution < -0.4 is 0 Å². The van der Waals surface area contributed by atoms with E-state index in [0.717, 1.165) is 0 Å². The van der Waals surface area contributed by atoms with Crippen LogP contribution in [0.25, 0.3) is 0 Å². The number of nitrogens with zero attached hydrogens (tertiary/aromatic N) is 1. The molecule has 1 aromatic carbocycles. The van der Waals surface area contributed by atoms with E-state index in [1.54, 1.807) is 13.0 Å². The summed E-state index contributed by atoms with van der Waals surface area (Å²) in [5.41, 5.74) is 0.533. The highest BCUT2D eigenvalue weighted by atomic mass is 79.9. The second kappa shape index (κ2) is 5.48. The Morgan fingerprint density at radius 1 is 1.61 bits per heavy atom. The van der Waals surface area contributed by atoms with E-state index in [4.69, 9.17) is 9.47 Å². The number of esters is 1. The maximum absolute atomic E-state index is 13.2. The molecule has 1 heterocycles. The van der Waals surface area contributed by atoms with Gasteiger partial charge in [-0.25, -0.2) is 14.2 Å². The van der Waals surface area contributed by atoms with Crippen molar-refractivity contribution in [3.8, 4) is 0 Å². The lowest BCUT2D eigenvalue weighted by atomic mass is 10.0. The third-order valence-corrected chi connectivity index (χ3v) is 3.23. The van der Waals surface area contributed by atoms with Crippen LogP contribution in [0.15, 0.2) is 27.7 Å². The van der Waals surface area contributed by atoms with E-state index in [1.807, 2.05) is 0 Å². The molecule has 0 N–H and O–H groups in total. The molecule has 0 saturated heterocycles. The first-order valence-electron chi connectivity index (χ1n) is 5.42. The van der Waals surface area contributed by atoms with Crippen LogP contribution in [0.2, 0.25) is 0 Å². The Morgan fingerprint density at radius 2 is 2.39 bits per heavy atom. The molecule has 0 saturated carbocycles. The van der Waals surface area contributed by atoms with Crippen LogP contribution >= 0.6 is 15.9 Å². The van der Waals surface area contributed by atoms with Gasteiger partial charge in [0.1, 0.15) is 5.82 Å². The summed E-state index contributed by atoms with van der Waals surface area (Å²) in [6, 6.07) is 3.41. The van der Waals surface area contributed by atoms with Crippen LogP contribution in [0, 0.1) is 5.82 Å². The van der Waals surface area contributed by atoms with E-state index in [0.29, 0.717) is 10.0 Å². The van der Waals surface area contributed by atoms with Crippen molar-refractivity contribution >= 4 is 28.3 Å². The third kappa shape index (κ3) is 2.53. The molecule has 2 unspecified atom stereocenters. The highest BCUT2D eigenvalue weighted by Crippen LogP contribution is 2.33. The van der Waals surface area contributed by atoms with Gasteiger partial charge < -0.3 is 9.47 Å². The summed E-state index contributed by atoms with van der Waals surface area (Å²) in [5, 5.41) is 0. The molecule has 0 aliphatic carbocycles. The highest BCUT2D eigenvalue weighted by Gasteiger charge is 2.36. The molecule has 1 aromatic rings. The van der Waals surface area contributed by atoms with Crippen molar-refractivity contribution in [2.24, 2.45) is 4.99 Å². The average Bonchev–Trinajstić information content (AvgIpc) is 2.81. The number of hydrogen-bond acceptors (Lipinski definition) is 4. The molecule has 0 amide bonds. The van der Waals surface area contributed by atoms with Crippen LogP contribution in [0.5, 0.6) is 0 Å². The first-order valence-corrected chi connectivity index (χ1v) is 6.21. The molecular formula is C12H11BrFNO3. The van der Waals surface area contributed by atoms with Gasteiger partial charge in [0.05, 0.1) is 6.61 Å². The Balaban J connectivity index is 2.27. The van der Waals surface area contributed by atoms with Crippen molar-refractivity contribution < 1.29 is 18.7 Å². The van der Waals surface area contributed by atoms with Gasteiger partial charge in [0.25, 0.3) is 0 Å². The predicted molar refractivity (Wildman–Crippen MR) is 66.8 cm³/mol. The quantitative estimate of drug-likeness (QED) is 0.806. The zero-order valence-electron chi connectivity index (χ0n) is 9.60. The van der Waals surface area contributed by atoms with Crippen molar-refractivity contribution in [3.63, 3.8) is 0 Å². The van der Waals surface area contributed by atoms with E-state index in [-0.39, 0.29) is 6.61 Å². The summed E-state index contributed by atoms with van der Waals surface area (Å²) in [5.74, 6) is -0.876. The summed E-state index contributed by atoms with van der Waals surface area (Å²) in [4.78, 5) is 15.6. The zero-order chi connectivity index (χ0) is 13.1. The first kappa shape index (κ1) is 13.0. The highest BCUT2D eigenvalue weighted by molar-refractivity contribution is 9.10. The number of halogens is 2. The van der Waals surface area contributed by atoms with Gasteiger partial charge in [-0.15, -0.1) is 0 Å². The van der Waals surface area contributed by atoms with Gasteiger partial charge in [-0.1, -0.05) is 15.9 Å². The Kier molecular flexibility index (Phi) is 3.96. The van der Waals surface area contributed by atoms with E-state index in [2.05, 4.69) is 20.9 Å². The van der Waals surface area contributed by atoms with Gasteiger partial charge in [-0.3, -0.25) is 0 Å². The maximum Gasteiger partial charge on any atom is 0.335 e. The van der Waals surface area contributed by atoms with Crippen LogP contribution in [0.1, 0.15) is 18.6 Å². The SMILES string of the molecule is CCOC(=O)C1N=COC1c1cc(F)ccc1Br. The lowest BCUT2D eigenvalue weighted by Gasteiger charge is -2.17. The van der Waals surface area contributed by atoms with Crippen LogP contribution in [0.3, 0.4) is 0 Å². The van der Waals surface area contributed by atoms with Crippen LogP contribution in [0.4, 0.5) is 4.39 Å². The Hall–Kier alpha value is -1.43. The molecule has 0 radical (unpaired) electrons. The fraction of sp³-hybridized carbons (Fsp3) is 0.333. The number of carbonyl (C=O) groups excluding carboxylic acids is 1. The fourth-order valence-corrected chi connectivity index (χ4v) is 2.18. The van der Waals surface area contributed by atoms with Crippen molar-refractivity contribution in [1.29, 1.82) is 0 Å².